The van der Waals surface area contributed by atoms with Gasteiger partial charge >= 0.3 is 0 Å². The maximum Gasteiger partial charge on any atom is 0.124 e. The normalized spacial score (nSPS) is 14.0. The molecule has 5 nitrogen and oxygen atoms in total. The van der Waals surface area contributed by atoms with Crippen LogP contribution in [0.3, 0.4) is 0 Å². The van der Waals surface area contributed by atoms with E-state index in [1.807, 2.05) is 41.5 Å². The van der Waals surface area contributed by atoms with E-state index >= 15 is 0 Å². The zero-order chi connectivity index (χ0) is 32.8. The van der Waals surface area contributed by atoms with Crippen molar-refractivity contribution in [2.24, 2.45) is 10.9 Å². The molecule has 0 bridgehead atoms. The summed E-state index contributed by atoms with van der Waals surface area (Å²) in [7, 11) is 3.72. The van der Waals surface area contributed by atoms with E-state index in [0.29, 0.717) is 0 Å². The lowest BCUT2D eigenvalue weighted by molar-refractivity contribution is -0.0980. The molecule has 2 aliphatic rings. The van der Waals surface area contributed by atoms with Gasteiger partial charge in [-0.1, -0.05) is 95.3 Å². The Bertz CT molecular complexity index is 1250. The molecule has 1 aliphatic heterocycles. The van der Waals surface area contributed by atoms with Crippen LogP contribution in [0.25, 0.3) is 5.76 Å². The molecule has 0 saturated carbocycles. The molecule has 0 aromatic heterocycles. The van der Waals surface area contributed by atoms with Crippen LogP contribution in [0, 0.1) is 12.8 Å². The van der Waals surface area contributed by atoms with Crippen molar-refractivity contribution in [3.8, 4) is 0 Å². The number of allylic oxidation sites excluding steroid dienone is 4. The lowest BCUT2D eigenvalue weighted by Gasteiger charge is -2.23. The number of rotatable bonds is 9. The largest absolute Gasteiger partial charge is 0.496 e. The minimum atomic E-state index is 0.289. The lowest BCUT2D eigenvalue weighted by atomic mass is 9.94. The number of dihydropyridines is 1. The van der Waals surface area contributed by atoms with Crippen LogP contribution in [0.1, 0.15) is 84.1 Å². The quantitative estimate of drug-likeness (QED) is 0.227. The lowest BCUT2D eigenvalue weighted by Crippen LogP contribution is -2.26. The zero-order valence-electron chi connectivity index (χ0n) is 28.7. The topological polar surface area (TPSA) is 62.7 Å². The van der Waals surface area contributed by atoms with Gasteiger partial charge in [0.05, 0.1) is 24.4 Å². The van der Waals surface area contributed by atoms with E-state index in [0.717, 1.165) is 37.4 Å². The number of carbonyl (C=O) groups excluding carboxylic acids is 1. The summed E-state index contributed by atoms with van der Waals surface area (Å²) in [5.41, 5.74) is 11.0. The van der Waals surface area contributed by atoms with E-state index in [2.05, 4.69) is 112 Å². The van der Waals surface area contributed by atoms with Crippen LogP contribution < -0.4 is 10.6 Å². The maximum absolute atomic E-state index is 8.00. The monoisotopic (exact) mass is 587 g/mol. The van der Waals surface area contributed by atoms with Crippen LogP contribution in [-0.2, 0) is 16.0 Å². The molecule has 0 saturated heterocycles. The van der Waals surface area contributed by atoms with Crippen LogP contribution >= 0.6 is 0 Å². The molecule has 0 amide bonds. The van der Waals surface area contributed by atoms with Crippen LogP contribution in [0.5, 0.6) is 0 Å². The summed E-state index contributed by atoms with van der Waals surface area (Å²) >= 11 is 0. The van der Waals surface area contributed by atoms with E-state index in [9.17, 15) is 0 Å². The van der Waals surface area contributed by atoms with Gasteiger partial charge in [-0.3, -0.25) is 4.99 Å². The number of carbonyl (C=O) groups is 1. The van der Waals surface area contributed by atoms with Crippen molar-refractivity contribution in [1.82, 2.24) is 10.6 Å². The van der Waals surface area contributed by atoms with Gasteiger partial charge in [0, 0.05) is 23.4 Å². The fraction of sp³-hybridized carbons (Fsp3) is 0.421. The van der Waals surface area contributed by atoms with Crippen LogP contribution in [-0.4, -0.2) is 39.7 Å². The number of benzene rings is 2. The zero-order valence-corrected chi connectivity index (χ0v) is 28.7. The highest BCUT2D eigenvalue weighted by Crippen LogP contribution is 2.35. The fourth-order valence-corrected chi connectivity index (χ4v) is 4.76. The van der Waals surface area contributed by atoms with Gasteiger partial charge in [0.2, 0.25) is 0 Å². The van der Waals surface area contributed by atoms with Gasteiger partial charge in [-0.25, -0.2) is 0 Å². The smallest absolute Gasteiger partial charge is 0.124 e. The van der Waals surface area contributed by atoms with Crippen molar-refractivity contribution >= 4 is 18.3 Å². The second-order valence-corrected chi connectivity index (χ2v) is 9.74. The van der Waals surface area contributed by atoms with Gasteiger partial charge in [-0.2, -0.15) is 0 Å². The van der Waals surface area contributed by atoms with E-state index in [1.165, 1.54) is 44.8 Å². The summed E-state index contributed by atoms with van der Waals surface area (Å²) in [6.45, 7) is 22.6. The van der Waals surface area contributed by atoms with Crippen LogP contribution in [0.4, 0.5) is 0 Å². The number of nitrogens with one attached hydrogen (secondary N) is 2. The molecule has 0 fully saturated rings. The molecular weight excluding hydrogens is 530 g/mol. The number of hydrogen-bond donors (Lipinski definition) is 2. The molecular formula is C38H57N3O2. The molecule has 0 spiro atoms. The van der Waals surface area contributed by atoms with E-state index in [1.54, 1.807) is 7.11 Å². The first-order chi connectivity index (χ1) is 20.9. The molecule has 1 atom stereocenters. The highest BCUT2D eigenvalue weighted by Gasteiger charge is 2.27. The Balaban J connectivity index is 0.000000758. The molecule has 2 aromatic carbocycles. The van der Waals surface area contributed by atoms with Crippen molar-refractivity contribution in [3.63, 3.8) is 0 Å². The third-order valence-electron chi connectivity index (χ3n) is 6.76. The Morgan fingerprint density at radius 3 is 2.16 bits per heavy atom. The molecule has 4 rings (SSSR count). The minimum absolute atomic E-state index is 0.289. The third-order valence-corrected chi connectivity index (χ3v) is 6.76. The summed E-state index contributed by atoms with van der Waals surface area (Å²) < 4.78 is 5.42. The second kappa shape index (κ2) is 22.8. The number of aliphatic imine (C=N–C) groups is 1. The summed E-state index contributed by atoms with van der Waals surface area (Å²) in [6.07, 6.45) is 8.81. The SMILES string of the molecule is C=O.CC.CC.CCc1ccccc1C(OC)=C(C)C.CNCCCNC1=CC(c2ccccc2C)=NC2=C(C)C=CC12. The number of methoxy groups -OCH3 is 1. The third kappa shape index (κ3) is 11.8. The van der Waals surface area contributed by atoms with Gasteiger partial charge < -0.3 is 20.2 Å². The predicted molar refractivity (Wildman–Crippen MR) is 189 cm³/mol. The Morgan fingerprint density at radius 2 is 1.58 bits per heavy atom. The highest BCUT2D eigenvalue weighted by atomic mass is 16.5. The van der Waals surface area contributed by atoms with Crippen LogP contribution in [0.15, 0.2) is 94.3 Å². The fourth-order valence-electron chi connectivity index (χ4n) is 4.76. The Kier molecular flexibility index (Phi) is 20.9. The number of hydrogen-bond acceptors (Lipinski definition) is 5. The average Bonchev–Trinajstić information content (AvgIpc) is 3.43. The predicted octanol–water partition coefficient (Wildman–Crippen LogP) is 8.85. The van der Waals surface area contributed by atoms with Crippen molar-refractivity contribution in [2.75, 3.05) is 27.2 Å². The molecule has 0 radical (unpaired) electrons. The molecule has 2 N–H and O–H groups in total. The highest BCUT2D eigenvalue weighted by molar-refractivity contribution is 6.11. The number of fused-ring (bicyclic) bond motifs is 1. The minimum Gasteiger partial charge on any atom is -0.496 e. The van der Waals surface area contributed by atoms with Gasteiger partial charge in [-0.15, -0.1) is 0 Å². The Hall–Kier alpha value is -3.70. The first kappa shape index (κ1) is 39.3. The number of aryl methyl sites for hydroxylation is 2. The summed E-state index contributed by atoms with van der Waals surface area (Å²) in [6, 6.07) is 16.8. The number of nitrogens with zero attached hydrogens (tertiary/aromatic N) is 1. The second-order valence-electron chi connectivity index (χ2n) is 9.74. The number of ether oxygens (including phenoxy) is 1. The Labute approximate surface area is 263 Å². The standard InChI is InChI=1S/C20H25N3.C13H18O.2C2H6.CH2O/c1-14-7-4-5-8-16(14)19-13-18(22-12-6-11-21-3)17-10-9-15(2)20(17)23-19;1-5-11-8-6-7-9-12(11)13(14-4)10(2)3;3*1-2/h4-5,7-10,13,17,21-22H,6,11-12H2,1-3H3;6-9H,5H2,1-4H3;2*1-2H3;1H2. The van der Waals surface area contributed by atoms with Gasteiger partial charge in [0.1, 0.15) is 12.5 Å². The van der Waals surface area contributed by atoms with E-state index < -0.39 is 0 Å². The molecule has 1 aliphatic carbocycles. The van der Waals surface area contributed by atoms with Crippen LogP contribution in [0.2, 0.25) is 0 Å². The van der Waals surface area contributed by atoms with E-state index in [4.69, 9.17) is 14.5 Å². The molecule has 43 heavy (non-hydrogen) atoms. The summed E-state index contributed by atoms with van der Waals surface area (Å²) in [5, 5.41) is 6.82. The van der Waals surface area contributed by atoms with Gasteiger partial charge in [-0.05, 0) is 82.5 Å². The van der Waals surface area contributed by atoms with Crippen molar-refractivity contribution in [1.29, 1.82) is 0 Å². The Morgan fingerprint density at radius 1 is 0.953 bits per heavy atom. The summed E-state index contributed by atoms with van der Waals surface area (Å²) in [5.74, 6) is 1.29. The average molecular weight is 588 g/mol. The van der Waals surface area contributed by atoms with Crippen molar-refractivity contribution in [2.45, 2.75) is 75.2 Å². The maximum atomic E-state index is 8.00. The molecule has 1 unspecified atom stereocenters. The molecule has 5 heteroatoms. The van der Waals surface area contributed by atoms with Gasteiger partial charge in [0.15, 0.2) is 0 Å². The molecule has 1 heterocycles. The molecule has 236 valence electrons. The van der Waals surface area contributed by atoms with Crippen molar-refractivity contribution < 1.29 is 9.53 Å². The van der Waals surface area contributed by atoms with Gasteiger partial charge in [0.25, 0.3) is 0 Å². The first-order valence-electron chi connectivity index (χ1n) is 15.6. The summed E-state index contributed by atoms with van der Waals surface area (Å²) in [4.78, 5) is 13.0. The first-order valence-corrected chi connectivity index (χ1v) is 15.6. The molecule has 2 aromatic rings. The van der Waals surface area contributed by atoms with E-state index in [-0.39, 0.29) is 5.92 Å². The van der Waals surface area contributed by atoms with Crippen molar-refractivity contribution in [3.05, 3.63) is 112 Å².